The first-order chi connectivity index (χ1) is 7.00. The summed E-state index contributed by atoms with van der Waals surface area (Å²) in [4.78, 5) is 21.5. The molecular weight excluding hydrogens is 213 g/mol. The summed E-state index contributed by atoms with van der Waals surface area (Å²) in [5, 5.41) is 4.89. The minimum atomic E-state index is -1.73. The van der Waals surface area contributed by atoms with Gasteiger partial charge in [0.2, 0.25) is 0 Å². The third-order valence-corrected chi connectivity index (χ3v) is 1.79. The van der Waals surface area contributed by atoms with Gasteiger partial charge >= 0.3 is 11.8 Å². The highest BCUT2D eigenvalue weighted by Crippen LogP contribution is 2.31. The molecule has 0 aliphatic carbocycles. The van der Waals surface area contributed by atoms with Crippen LogP contribution in [0.4, 0.5) is 24.5 Å². The van der Waals surface area contributed by atoms with Crippen LogP contribution < -0.4 is 10.6 Å². The third-order valence-electron chi connectivity index (χ3n) is 1.79. The lowest BCUT2D eigenvalue weighted by Crippen LogP contribution is -2.34. The van der Waals surface area contributed by atoms with Gasteiger partial charge in [0, 0.05) is 6.07 Å². The Balaban J connectivity index is 2.63. The van der Waals surface area contributed by atoms with Crippen molar-refractivity contribution in [3.8, 4) is 0 Å². The number of halogens is 3. The zero-order valence-corrected chi connectivity index (χ0v) is 6.97. The second kappa shape index (κ2) is 2.97. The average Bonchev–Trinajstić information content (AvgIpc) is 2.19. The van der Waals surface area contributed by atoms with Crippen LogP contribution in [0.25, 0.3) is 0 Å². The molecule has 0 atom stereocenters. The molecule has 1 aliphatic rings. The summed E-state index contributed by atoms with van der Waals surface area (Å²) >= 11 is 0. The van der Waals surface area contributed by atoms with E-state index in [9.17, 15) is 22.8 Å². The van der Waals surface area contributed by atoms with E-state index in [2.05, 4.69) is 5.32 Å². The predicted molar refractivity (Wildman–Crippen MR) is 41.7 cm³/mol. The number of carbonyl (C=O) groups is 2. The number of amides is 2. The second-order valence-corrected chi connectivity index (χ2v) is 2.75. The molecule has 0 bridgehead atoms. The normalized spacial score (nSPS) is 14.3. The molecule has 1 heterocycles. The molecule has 1 aliphatic heterocycles. The number of anilines is 1. The van der Waals surface area contributed by atoms with E-state index in [0.717, 1.165) is 0 Å². The highest BCUT2D eigenvalue weighted by Gasteiger charge is 2.30. The summed E-state index contributed by atoms with van der Waals surface area (Å²) < 4.78 is 38.4. The average molecular weight is 215 g/mol. The highest BCUT2D eigenvalue weighted by molar-refractivity contribution is 6.42. The lowest BCUT2D eigenvalue weighted by Gasteiger charge is -2.15. The molecule has 0 unspecified atom stereocenters. The van der Waals surface area contributed by atoms with E-state index in [1.54, 1.807) is 0 Å². The summed E-state index contributed by atoms with van der Waals surface area (Å²) in [5.41, 5.74) is -1.06. The van der Waals surface area contributed by atoms with E-state index >= 15 is 0 Å². The molecule has 2 amide bonds. The molecule has 0 aromatic heterocycles. The zero-order valence-electron chi connectivity index (χ0n) is 6.97. The first-order valence-corrected chi connectivity index (χ1v) is 3.75. The minimum absolute atomic E-state index is 0.365. The van der Waals surface area contributed by atoms with Crippen LogP contribution >= 0.6 is 0 Å². The number of hydrogen-bond acceptors (Lipinski definition) is 2. The van der Waals surface area contributed by atoms with Crippen molar-refractivity contribution in [3.05, 3.63) is 23.5 Å². The number of nitrogens with zero attached hydrogens (tertiary/aromatic N) is 1. The van der Waals surface area contributed by atoms with Gasteiger partial charge in [-0.25, -0.2) is 13.2 Å². The van der Waals surface area contributed by atoms with Crippen molar-refractivity contribution >= 4 is 23.2 Å². The van der Waals surface area contributed by atoms with E-state index in [1.165, 1.54) is 0 Å². The second-order valence-electron chi connectivity index (χ2n) is 2.75. The van der Waals surface area contributed by atoms with Crippen LogP contribution in [0.1, 0.15) is 0 Å². The number of nitrogens with one attached hydrogen (secondary N) is 1. The van der Waals surface area contributed by atoms with Crippen molar-refractivity contribution < 1.29 is 22.8 Å². The van der Waals surface area contributed by atoms with Gasteiger partial charge < -0.3 is 5.32 Å². The molecule has 0 spiro atoms. The third kappa shape index (κ3) is 1.32. The van der Waals surface area contributed by atoms with Crippen LogP contribution in [0.15, 0.2) is 6.07 Å². The molecule has 0 fully saturated rings. The van der Waals surface area contributed by atoms with Crippen molar-refractivity contribution in [2.24, 2.45) is 0 Å². The number of rotatable bonds is 0. The van der Waals surface area contributed by atoms with Gasteiger partial charge in [-0.2, -0.15) is 5.32 Å². The van der Waals surface area contributed by atoms with E-state index in [4.69, 9.17) is 0 Å². The van der Waals surface area contributed by atoms with Gasteiger partial charge in [-0.3, -0.25) is 9.59 Å². The smallest absolute Gasteiger partial charge is 0.316 e. The Bertz CT molecular complexity index is 487. The van der Waals surface area contributed by atoms with Gasteiger partial charge in [-0.15, -0.1) is 0 Å². The summed E-state index contributed by atoms with van der Waals surface area (Å²) in [6.45, 7) is 0. The molecule has 1 aromatic carbocycles. The van der Waals surface area contributed by atoms with E-state index in [1.807, 2.05) is 5.32 Å². The fourth-order valence-electron chi connectivity index (χ4n) is 1.12. The first-order valence-electron chi connectivity index (χ1n) is 3.75. The molecule has 1 radical (unpaired) electrons. The van der Waals surface area contributed by atoms with Crippen molar-refractivity contribution in [2.75, 3.05) is 5.32 Å². The Morgan fingerprint density at radius 1 is 1.13 bits per heavy atom. The summed E-state index contributed by atoms with van der Waals surface area (Å²) in [5.74, 6) is -7.17. The first kappa shape index (κ1) is 9.50. The predicted octanol–water partition coefficient (Wildman–Crippen LogP) is 0.819. The minimum Gasteiger partial charge on any atom is -0.316 e. The largest absolute Gasteiger partial charge is 0.336 e. The Labute approximate surface area is 81.1 Å². The van der Waals surface area contributed by atoms with Gasteiger partial charge in [0.05, 0.1) is 5.69 Å². The molecule has 4 nitrogen and oxygen atoms in total. The Hall–Kier alpha value is -2.05. The van der Waals surface area contributed by atoms with Crippen molar-refractivity contribution in [1.29, 1.82) is 0 Å². The van der Waals surface area contributed by atoms with Gasteiger partial charge in [0.1, 0.15) is 5.69 Å². The van der Waals surface area contributed by atoms with Gasteiger partial charge in [0.15, 0.2) is 17.5 Å². The monoisotopic (exact) mass is 215 g/mol. The van der Waals surface area contributed by atoms with Crippen molar-refractivity contribution in [2.45, 2.75) is 0 Å². The van der Waals surface area contributed by atoms with E-state index in [-0.39, 0.29) is 5.69 Å². The van der Waals surface area contributed by atoms with Crippen LogP contribution in [0.2, 0.25) is 0 Å². The van der Waals surface area contributed by atoms with Gasteiger partial charge in [0.25, 0.3) is 0 Å². The molecule has 15 heavy (non-hydrogen) atoms. The summed E-state index contributed by atoms with van der Waals surface area (Å²) in [7, 11) is 0. The van der Waals surface area contributed by atoms with Crippen LogP contribution in [0.3, 0.4) is 0 Å². The molecule has 7 heteroatoms. The lowest BCUT2D eigenvalue weighted by atomic mass is 10.2. The molecule has 77 valence electrons. The fourth-order valence-corrected chi connectivity index (χ4v) is 1.12. The topological polar surface area (TPSA) is 60.3 Å². The van der Waals surface area contributed by atoms with Crippen LogP contribution in [0.5, 0.6) is 0 Å². The maximum atomic E-state index is 13.0. The number of benzene rings is 1. The van der Waals surface area contributed by atoms with Gasteiger partial charge in [-0.1, -0.05) is 0 Å². The molecule has 0 saturated carbocycles. The standard InChI is InChI=1S/C8H2F3N2O2/c9-2-1-3-6(5(11)4(2)10)13-8(15)7(14)12-3/h1H,(H,12,14). The molecule has 0 saturated heterocycles. The molecule has 1 N–H and O–H groups in total. The SMILES string of the molecule is O=C1[N]c2c(cc(F)c(F)c2F)NC1=O. The number of fused-ring (bicyclic) bond motifs is 1. The van der Waals surface area contributed by atoms with E-state index < -0.39 is 35.0 Å². The van der Waals surface area contributed by atoms with E-state index in [0.29, 0.717) is 6.07 Å². The number of hydrogen-bond donors (Lipinski definition) is 1. The molecule has 2 rings (SSSR count). The van der Waals surface area contributed by atoms with Crippen LogP contribution in [-0.4, -0.2) is 11.8 Å². The fraction of sp³-hybridized carbons (Fsp3) is 0. The van der Waals surface area contributed by atoms with Crippen molar-refractivity contribution in [3.63, 3.8) is 0 Å². The number of carbonyl (C=O) groups excluding carboxylic acids is 2. The summed E-state index contributed by atoms with van der Waals surface area (Å²) in [6.07, 6.45) is 0. The Morgan fingerprint density at radius 3 is 2.47 bits per heavy atom. The molecular formula is C8H2F3N2O2. The Kier molecular flexibility index (Phi) is 1.88. The van der Waals surface area contributed by atoms with Crippen molar-refractivity contribution in [1.82, 2.24) is 5.32 Å². The quantitative estimate of drug-likeness (QED) is 0.514. The maximum absolute atomic E-state index is 13.0. The Morgan fingerprint density at radius 2 is 1.80 bits per heavy atom. The van der Waals surface area contributed by atoms with Gasteiger partial charge in [-0.05, 0) is 0 Å². The highest BCUT2D eigenvalue weighted by atomic mass is 19.2. The zero-order chi connectivity index (χ0) is 11.2. The maximum Gasteiger partial charge on any atom is 0.336 e. The van der Waals surface area contributed by atoms with Crippen LogP contribution in [0, 0.1) is 17.5 Å². The summed E-state index contributed by atoms with van der Waals surface area (Å²) in [6, 6.07) is 0.557. The lowest BCUT2D eigenvalue weighted by molar-refractivity contribution is -0.135. The van der Waals surface area contributed by atoms with Crippen LogP contribution in [-0.2, 0) is 9.59 Å². The molecule has 1 aromatic rings.